The highest BCUT2D eigenvalue weighted by Crippen LogP contribution is 2.35. The fraction of sp³-hybridized carbons (Fsp3) is 0.207. The van der Waals surface area contributed by atoms with E-state index in [9.17, 15) is 19.5 Å². The van der Waals surface area contributed by atoms with E-state index >= 15 is 0 Å². The van der Waals surface area contributed by atoms with Gasteiger partial charge in [-0.1, -0.05) is 60.7 Å². The normalized spacial score (nSPS) is 11.6. The molecule has 4 aromatic rings. The molecule has 0 aliphatic rings. The Morgan fingerprint density at radius 2 is 1.61 bits per heavy atom. The first-order valence-electron chi connectivity index (χ1n) is 12.0. The number of anilines is 1. The Balaban J connectivity index is 1.58. The van der Waals surface area contributed by atoms with Crippen LogP contribution in [0, 0.1) is 5.92 Å². The summed E-state index contributed by atoms with van der Waals surface area (Å²) in [5.41, 5.74) is 4.53. The second-order valence-corrected chi connectivity index (χ2v) is 9.91. The number of amides is 2. The Kier molecular flexibility index (Phi) is 8.28. The number of carboxylic acid groups (broad SMARTS) is 1. The smallest absolute Gasteiger partial charge is 0.304 e. The van der Waals surface area contributed by atoms with Gasteiger partial charge in [0.25, 0.3) is 5.91 Å². The average Bonchev–Trinajstić information content (AvgIpc) is 3.42. The highest BCUT2D eigenvalue weighted by atomic mass is 32.1. The lowest BCUT2D eigenvalue weighted by Gasteiger charge is -2.21. The minimum absolute atomic E-state index is 0.171. The maximum atomic E-state index is 13.3. The molecule has 2 heterocycles. The first-order chi connectivity index (χ1) is 18.2. The molecule has 38 heavy (non-hydrogen) atoms. The molecule has 0 bridgehead atoms. The number of aromatic nitrogens is 2. The lowest BCUT2D eigenvalue weighted by molar-refractivity contribution is -0.140. The number of hydrogen-bond donors (Lipinski definition) is 1. The number of benzene rings is 2. The van der Waals surface area contributed by atoms with Gasteiger partial charge in [0.2, 0.25) is 5.91 Å². The molecule has 0 aliphatic heterocycles. The van der Waals surface area contributed by atoms with Crippen LogP contribution in [0.4, 0.5) is 5.13 Å². The van der Waals surface area contributed by atoms with E-state index in [1.165, 1.54) is 21.1 Å². The van der Waals surface area contributed by atoms with Crippen LogP contribution >= 0.6 is 11.3 Å². The fourth-order valence-corrected chi connectivity index (χ4v) is 4.93. The van der Waals surface area contributed by atoms with Crippen molar-refractivity contribution in [1.29, 1.82) is 0 Å². The Morgan fingerprint density at radius 1 is 0.921 bits per heavy atom. The molecule has 194 valence electrons. The van der Waals surface area contributed by atoms with Crippen LogP contribution in [0.15, 0.2) is 78.3 Å². The zero-order valence-electron chi connectivity index (χ0n) is 21.4. The summed E-state index contributed by atoms with van der Waals surface area (Å²) in [6.07, 6.45) is 1.73. The fourth-order valence-electron chi connectivity index (χ4n) is 4.13. The summed E-state index contributed by atoms with van der Waals surface area (Å²) in [6.45, 7) is 0. The van der Waals surface area contributed by atoms with E-state index in [2.05, 4.69) is 4.98 Å². The molecule has 0 spiro atoms. The Bertz CT molecular complexity index is 1430. The summed E-state index contributed by atoms with van der Waals surface area (Å²) in [7, 11) is 4.99. The van der Waals surface area contributed by atoms with Crippen LogP contribution in [0.3, 0.4) is 0 Å². The van der Waals surface area contributed by atoms with Gasteiger partial charge in [0.15, 0.2) is 5.13 Å². The molecule has 0 radical (unpaired) electrons. The minimum atomic E-state index is -1.02. The van der Waals surface area contributed by atoms with Gasteiger partial charge in [-0.05, 0) is 23.6 Å². The quantitative estimate of drug-likeness (QED) is 0.332. The van der Waals surface area contributed by atoms with Gasteiger partial charge in [0.05, 0.1) is 18.0 Å². The predicted octanol–water partition coefficient (Wildman–Crippen LogP) is 4.87. The maximum Gasteiger partial charge on any atom is 0.304 e. The molecule has 1 atom stereocenters. The van der Waals surface area contributed by atoms with Crippen molar-refractivity contribution in [1.82, 2.24) is 14.9 Å². The van der Waals surface area contributed by atoms with Gasteiger partial charge in [-0.25, -0.2) is 4.98 Å². The van der Waals surface area contributed by atoms with Crippen molar-refractivity contribution in [3.8, 4) is 22.4 Å². The molecule has 4 rings (SSSR count). The molecule has 0 saturated carbocycles. The molecular formula is C29H28N4O4S. The number of pyridine rings is 1. The third-order valence-electron chi connectivity index (χ3n) is 6.11. The van der Waals surface area contributed by atoms with E-state index in [4.69, 9.17) is 4.98 Å². The van der Waals surface area contributed by atoms with Gasteiger partial charge in [-0.15, -0.1) is 11.3 Å². The van der Waals surface area contributed by atoms with Crippen molar-refractivity contribution >= 4 is 34.3 Å². The topological polar surface area (TPSA) is 104 Å². The number of carbonyl (C=O) groups is 3. The molecule has 2 aromatic heterocycles. The van der Waals surface area contributed by atoms with Gasteiger partial charge < -0.3 is 10.0 Å². The van der Waals surface area contributed by atoms with E-state index < -0.39 is 11.9 Å². The Hall–Kier alpha value is -4.37. The summed E-state index contributed by atoms with van der Waals surface area (Å²) in [4.78, 5) is 49.0. The van der Waals surface area contributed by atoms with Crippen molar-refractivity contribution in [2.45, 2.75) is 12.8 Å². The van der Waals surface area contributed by atoms with E-state index in [1.54, 1.807) is 33.4 Å². The average molecular weight is 529 g/mol. The molecule has 1 N–H and O–H groups in total. The van der Waals surface area contributed by atoms with Gasteiger partial charge >= 0.3 is 5.97 Å². The summed E-state index contributed by atoms with van der Waals surface area (Å²) in [5, 5.41) is 11.8. The van der Waals surface area contributed by atoms with Gasteiger partial charge in [0, 0.05) is 43.8 Å². The second kappa shape index (κ2) is 11.8. The van der Waals surface area contributed by atoms with E-state index in [-0.39, 0.29) is 18.2 Å². The molecule has 0 saturated heterocycles. The largest absolute Gasteiger partial charge is 0.481 e. The predicted molar refractivity (Wildman–Crippen MR) is 148 cm³/mol. The summed E-state index contributed by atoms with van der Waals surface area (Å²) >= 11 is 1.32. The number of carbonyl (C=O) groups excluding carboxylic acids is 2. The van der Waals surface area contributed by atoms with E-state index in [0.717, 1.165) is 22.3 Å². The lowest BCUT2D eigenvalue weighted by atomic mass is 9.95. The van der Waals surface area contributed by atoms with Crippen molar-refractivity contribution in [2.75, 3.05) is 26.0 Å². The summed E-state index contributed by atoms with van der Waals surface area (Å²) < 4.78 is 0. The van der Waals surface area contributed by atoms with Crippen molar-refractivity contribution in [3.05, 3.63) is 89.6 Å². The molecule has 2 aromatic carbocycles. The third-order valence-corrected chi connectivity index (χ3v) is 7.02. The molecule has 0 fully saturated rings. The third kappa shape index (κ3) is 6.12. The van der Waals surface area contributed by atoms with Gasteiger partial charge in [-0.2, -0.15) is 0 Å². The highest BCUT2D eigenvalue weighted by Gasteiger charge is 2.27. The van der Waals surface area contributed by atoms with Gasteiger partial charge in [0.1, 0.15) is 5.69 Å². The zero-order chi connectivity index (χ0) is 27.2. The van der Waals surface area contributed by atoms with Crippen molar-refractivity contribution < 1.29 is 19.5 Å². The summed E-state index contributed by atoms with van der Waals surface area (Å²) in [6, 6.07) is 20.7. The molecule has 0 aliphatic carbocycles. The standard InChI is InChI=1S/C29H28N4O4S/c1-32(2)28(37)24-14-13-20(17-30-24)22-11-7-8-12-23(22)25-18-38-29(31-25)33(3)27(36)21(16-26(34)35)15-19-9-5-4-6-10-19/h4-14,17-18,21H,15-16H2,1-3H3,(H,34,35). The Labute approximate surface area is 225 Å². The van der Waals surface area contributed by atoms with Crippen LogP contribution in [0.25, 0.3) is 22.4 Å². The number of thiazole rings is 1. The second-order valence-electron chi connectivity index (χ2n) is 9.07. The SMILES string of the molecule is CN(C)C(=O)c1ccc(-c2ccccc2-c2csc(N(C)C(=O)C(CC(=O)O)Cc3ccccc3)n2)cn1. The van der Waals surface area contributed by atoms with Crippen LogP contribution in [0.1, 0.15) is 22.5 Å². The van der Waals surface area contributed by atoms with E-state index in [1.807, 2.05) is 66.0 Å². The van der Waals surface area contributed by atoms with Crippen LogP contribution in [0.2, 0.25) is 0 Å². The van der Waals surface area contributed by atoms with Crippen molar-refractivity contribution in [3.63, 3.8) is 0 Å². The van der Waals surface area contributed by atoms with Crippen LogP contribution < -0.4 is 4.90 Å². The number of carboxylic acids is 1. The summed E-state index contributed by atoms with van der Waals surface area (Å²) in [5.74, 6) is -2.20. The monoisotopic (exact) mass is 528 g/mol. The number of nitrogens with zero attached hydrogens (tertiary/aromatic N) is 4. The number of rotatable bonds is 9. The van der Waals surface area contributed by atoms with Crippen LogP contribution in [-0.4, -0.2) is 58.9 Å². The minimum Gasteiger partial charge on any atom is -0.481 e. The highest BCUT2D eigenvalue weighted by molar-refractivity contribution is 7.14. The van der Waals surface area contributed by atoms with Gasteiger partial charge in [-0.3, -0.25) is 24.3 Å². The van der Waals surface area contributed by atoms with Crippen LogP contribution in [-0.2, 0) is 16.0 Å². The van der Waals surface area contributed by atoms with Crippen molar-refractivity contribution in [2.24, 2.45) is 5.92 Å². The molecule has 2 amide bonds. The van der Waals surface area contributed by atoms with E-state index in [0.29, 0.717) is 22.9 Å². The zero-order valence-corrected chi connectivity index (χ0v) is 22.2. The maximum absolute atomic E-state index is 13.3. The molecule has 9 heteroatoms. The lowest BCUT2D eigenvalue weighted by Crippen LogP contribution is -2.35. The first kappa shape index (κ1) is 26.7. The molecule has 8 nitrogen and oxygen atoms in total. The Morgan fingerprint density at radius 3 is 2.24 bits per heavy atom. The number of aliphatic carboxylic acids is 1. The molecule has 1 unspecified atom stereocenters. The molecular weight excluding hydrogens is 500 g/mol. The number of hydrogen-bond acceptors (Lipinski definition) is 6. The first-order valence-corrected chi connectivity index (χ1v) is 12.9. The van der Waals surface area contributed by atoms with Crippen LogP contribution in [0.5, 0.6) is 0 Å².